The molecule has 0 saturated carbocycles. The van der Waals surface area contributed by atoms with Crippen LogP contribution >= 0.6 is 15.9 Å². The molecule has 0 bridgehead atoms. The Kier molecular flexibility index (Phi) is 4.51. The second-order valence-electron chi connectivity index (χ2n) is 6.62. The number of hydrogen-bond donors (Lipinski definition) is 1. The van der Waals surface area contributed by atoms with Crippen LogP contribution in [0.15, 0.2) is 51.8 Å². The number of amides is 1. The van der Waals surface area contributed by atoms with Gasteiger partial charge in [0.05, 0.1) is 10.3 Å². The van der Waals surface area contributed by atoms with Gasteiger partial charge < -0.3 is 4.90 Å². The van der Waals surface area contributed by atoms with Crippen LogP contribution in [-0.4, -0.2) is 21.4 Å². The van der Waals surface area contributed by atoms with Crippen LogP contribution in [0.3, 0.4) is 0 Å². The Morgan fingerprint density at radius 2 is 1.88 bits per heavy atom. The molecule has 0 fully saturated rings. The number of benzene rings is 2. The number of rotatable bonds is 4. The maximum atomic E-state index is 12.6. The molecule has 0 saturated heterocycles. The van der Waals surface area contributed by atoms with Gasteiger partial charge in [0.25, 0.3) is 0 Å². The Labute approximate surface area is 156 Å². The molecule has 0 spiro atoms. The number of carbonyl (C=O) groups excluding carboxylic acids is 1. The lowest BCUT2D eigenvalue weighted by atomic mass is 9.86. The van der Waals surface area contributed by atoms with Crippen molar-refractivity contribution >= 4 is 37.5 Å². The first kappa shape index (κ1) is 18.1. The first-order valence-corrected chi connectivity index (χ1v) is 10.1. The van der Waals surface area contributed by atoms with Gasteiger partial charge >= 0.3 is 0 Å². The summed E-state index contributed by atoms with van der Waals surface area (Å²) in [5.41, 5.74) is 1.60. The molecule has 1 aliphatic heterocycles. The number of carbonyl (C=O) groups is 1. The standard InChI is InChI=1S/C18H19BrN2O3S/c1-18(2)15-10-14(7-8-16(15)21(3)17(18)22)25(23,24)20-11-12-5-4-6-13(19)9-12/h4-10,20H,11H2,1-3H3. The Bertz CT molecular complexity index is 955. The summed E-state index contributed by atoms with van der Waals surface area (Å²) >= 11 is 3.37. The van der Waals surface area contributed by atoms with E-state index >= 15 is 0 Å². The largest absolute Gasteiger partial charge is 0.314 e. The molecule has 25 heavy (non-hydrogen) atoms. The maximum absolute atomic E-state index is 12.6. The number of hydrogen-bond acceptors (Lipinski definition) is 3. The molecule has 7 heteroatoms. The number of nitrogens with one attached hydrogen (secondary N) is 1. The van der Waals surface area contributed by atoms with Gasteiger partial charge in [0.1, 0.15) is 0 Å². The average Bonchev–Trinajstić information content (AvgIpc) is 2.74. The minimum Gasteiger partial charge on any atom is -0.314 e. The van der Waals surface area contributed by atoms with Gasteiger partial charge in [-0.2, -0.15) is 0 Å². The molecule has 0 atom stereocenters. The lowest BCUT2D eigenvalue weighted by molar-refractivity contribution is -0.121. The van der Waals surface area contributed by atoms with Crippen LogP contribution in [0.4, 0.5) is 5.69 Å². The van der Waals surface area contributed by atoms with Gasteiger partial charge in [-0.3, -0.25) is 4.79 Å². The lowest BCUT2D eigenvalue weighted by Crippen LogP contribution is -2.33. The summed E-state index contributed by atoms with van der Waals surface area (Å²) in [5.74, 6) is -0.0425. The number of anilines is 1. The number of nitrogens with zero attached hydrogens (tertiary/aromatic N) is 1. The molecule has 1 amide bonds. The van der Waals surface area contributed by atoms with E-state index in [9.17, 15) is 13.2 Å². The summed E-state index contributed by atoms with van der Waals surface area (Å²) in [7, 11) is -1.97. The average molecular weight is 423 g/mol. The zero-order chi connectivity index (χ0) is 18.4. The summed E-state index contributed by atoms with van der Waals surface area (Å²) in [6.45, 7) is 3.81. The highest BCUT2D eigenvalue weighted by atomic mass is 79.9. The minimum atomic E-state index is -3.67. The minimum absolute atomic E-state index is 0.0425. The van der Waals surface area contributed by atoms with E-state index in [1.807, 2.05) is 38.1 Å². The van der Waals surface area contributed by atoms with E-state index in [2.05, 4.69) is 20.7 Å². The predicted octanol–water partition coefficient (Wildman–Crippen LogP) is 3.18. The Morgan fingerprint density at radius 3 is 2.56 bits per heavy atom. The molecular weight excluding hydrogens is 404 g/mol. The van der Waals surface area contributed by atoms with E-state index in [0.717, 1.165) is 21.3 Å². The van der Waals surface area contributed by atoms with Gasteiger partial charge in [-0.15, -0.1) is 0 Å². The third-order valence-corrected chi connectivity index (χ3v) is 6.40. The summed E-state index contributed by atoms with van der Waals surface area (Å²) in [6.07, 6.45) is 0. The summed E-state index contributed by atoms with van der Waals surface area (Å²) in [4.78, 5) is 14.1. The van der Waals surface area contributed by atoms with Gasteiger partial charge in [0, 0.05) is 23.8 Å². The van der Waals surface area contributed by atoms with Crippen LogP contribution in [0, 0.1) is 0 Å². The fourth-order valence-corrected chi connectivity index (χ4v) is 4.52. The van der Waals surface area contributed by atoms with Gasteiger partial charge in [0.15, 0.2) is 0 Å². The molecule has 1 N–H and O–H groups in total. The molecule has 2 aromatic rings. The number of likely N-dealkylation sites (N-methyl/N-ethyl adjacent to an activating group) is 1. The molecule has 1 heterocycles. The molecule has 5 nitrogen and oxygen atoms in total. The lowest BCUT2D eigenvalue weighted by Gasteiger charge is -2.16. The van der Waals surface area contributed by atoms with Crippen molar-refractivity contribution < 1.29 is 13.2 Å². The molecule has 2 aromatic carbocycles. The second-order valence-corrected chi connectivity index (χ2v) is 9.31. The second kappa shape index (κ2) is 6.23. The van der Waals surface area contributed by atoms with Crippen LogP contribution in [0.2, 0.25) is 0 Å². The third-order valence-electron chi connectivity index (χ3n) is 4.51. The van der Waals surface area contributed by atoms with Gasteiger partial charge in [0.2, 0.25) is 15.9 Å². The quantitative estimate of drug-likeness (QED) is 0.822. The molecule has 0 radical (unpaired) electrons. The first-order valence-electron chi connectivity index (χ1n) is 7.80. The number of fused-ring (bicyclic) bond motifs is 1. The monoisotopic (exact) mass is 422 g/mol. The summed E-state index contributed by atoms with van der Waals surface area (Å²) in [6, 6.07) is 12.3. The fraction of sp³-hybridized carbons (Fsp3) is 0.278. The van der Waals surface area contributed by atoms with E-state index in [0.29, 0.717) is 0 Å². The molecular formula is C18H19BrN2O3S. The van der Waals surface area contributed by atoms with E-state index in [4.69, 9.17) is 0 Å². The third kappa shape index (κ3) is 3.23. The van der Waals surface area contributed by atoms with Crippen LogP contribution in [0.5, 0.6) is 0 Å². The van der Waals surface area contributed by atoms with Crippen LogP contribution in [-0.2, 0) is 26.8 Å². The van der Waals surface area contributed by atoms with Crippen molar-refractivity contribution in [1.29, 1.82) is 0 Å². The van der Waals surface area contributed by atoms with Crippen LogP contribution < -0.4 is 9.62 Å². The smallest absolute Gasteiger partial charge is 0.240 e. The summed E-state index contributed by atoms with van der Waals surface area (Å²) < 4.78 is 28.8. The van der Waals surface area contributed by atoms with Gasteiger partial charge in [-0.05, 0) is 55.3 Å². The van der Waals surface area contributed by atoms with E-state index in [1.54, 1.807) is 24.1 Å². The van der Waals surface area contributed by atoms with Gasteiger partial charge in [-0.25, -0.2) is 13.1 Å². The highest BCUT2D eigenvalue weighted by molar-refractivity contribution is 9.10. The van der Waals surface area contributed by atoms with Crippen molar-refractivity contribution in [2.24, 2.45) is 0 Å². The number of sulfonamides is 1. The molecule has 0 aromatic heterocycles. The zero-order valence-electron chi connectivity index (χ0n) is 14.2. The SMILES string of the molecule is CN1C(=O)C(C)(C)c2cc(S(=O)(=O)NCc3cccc(Br)c3)ccc21. The number of halogens is 1. The van der Waals surface area contributed by atoms with Crippen molar-refractivity contribution in [2.75, 3.05) is 11.9 Å². The highest BCUT2D eigenvalue weighted by Gasteiger charge is 2.42. The van der Waals surface area contributed by atoms with Crippen LogP contribution in [0.25, 0.3) is 0 Å². The van der Waals surface area contributed by atoms with Crippen molar-refractivity contribution in [1.82, 2.24) is 4.72 Å². The van der Waals surface area contributed by atoms with Crippen molar-refractivity contribution in [2.45, 2.75) is 30.7 Å². The van der Waals surface area contributed by atoms with Crippen molar-refractivity contribution in [3.8, 4) is 0 Å². The molecule has 0 aliphatic carbocycles. The highest BCUT2D eigenvalue weighted by Crippen LogP contribution is 2.41. The van der Waals surface area contributed by atoms with Gasteiger partial charge in [-0.1, -0.05) is 28.1 Å². The molecule has 0 unspecified atom stereocenters. The predicted molar refractivity (Wildman–Crippen MR) is 101 cm³/mol. The normalized spacial score (nSPS) is 16.2. The summed E-state index contributed by atoms with van der Waals surface area (Å²) in [5, 5.41) is 0. The van der Waals surface area contributed by atoms with Crippen molar-refractivity contribution in [3.05, 3.63) is 58.1 Å². The van der Waals surface area contributed by atoms with E-state index < -0.39 is 15.4 Å². The topological polar surface area (TPSA) is 66.5 Å². The maximum Gasteiger partial charge on any atom is 0.240 e. The Balaban J connectivity index is 1.89. The molecule has 132 valence electrons. The van der Waals surface area contributed by atoms with Crippen molar-refractivity contribution in [3.63, 3.8) is 0 Å². The fourth-order valence-electron chi connectivity index (χ4n) is 3.03. The first-order chi connectivity index (χ1) is 11.6. The Morgan fingerprint density at radius 1 is 1.16 bits per heavy atom. The van der Waals surface area contributed by atoms with E-state index in [1.165, 1.54) is 6.07 Å². The molecule has 3 rings (SSSR count). The molecule has 1 aliphatic rings. The zero-order valence-corrected chi connectivity index (χ0v) is 16.6. The van der Waals surface area contributed by atoms with E-state index in [-0.39, 0.29) is 17.3 Å². The van der Waals surface area contributed by atoms with Crippen LogP contribution in [0.1, 0.15) is 25.0 Å². The Hall–Kier alpha value is -1.70.